The summed E-state index contributed by atoms with van der Waals surface area (Å²) in [6.07, 6.45) is 1.05. The highest BCUT2D eigenvalue weighted by Gasteiger charge is 2.19. The maximum absolute atomic E-state index is 12.1. The van der Waals surface area contributed by atoms with Crippen molar-refractivity contribution >= 4 is 39.8 Å². The van der Waals surface area contributed by atoms with E-state index in [0.29, 0.717) is 12.0 Å². The summed E-state index contributed by atoms with van der Waals surface area (Å²) in [5.74, 6) is 0.750. The van der Waals surface area contributed by atoms with E-state index in [0.717, 1.165) is 14.9 Å². The molecule has 0 radical (unpaired) electrons. The molecule has 0 saturated heterocycles. The van der Waals surface area contributed by atoms with Crippen LogP contribution in [0.5, 0.6) is 0 Å². The van der Waals surface area contributed by atoms with Gasteiger partial charge in [-0.25, -0.2) is 0 Å². The van der Waals surface area contributed by atoms with Crippen LogP contribution in [0.3, 0.4) is 0 Å². The van der Waals surface area contributed by atoms with E-state index in [1.54, 1.807) is 11.3 Å². The second-order valence-corrected chi connectivity index (χ2v) is 7.34. The largest absolute Gasteiger partial charge is 0.339 e. The van der Waals surface area contributed by atoms with Crippen molar-refractivity contribution in [2.24, 2.45) is 5.92 Å². The van der Waals surface area contributed by atoms with Gasteiger partial charge in [0.1, 0.15) is 0 Å². The molecule has 1 heterocycles. The Labute approximate surface area is 115 Å². The van der Waals surface area contributed by atoms with Crippen LogP contribution >= 0.6 is 33.9 Å². The molecule has 0 aliphatic rings. The molecule has 1 rings (SSSR count). The van der Waals surface area contributed by atoms with Crippen molar-refractivity contribution in [3.63, 3.8) is 0 Å². The van der Waals surface area contributed by atoms with Gasteiger partial charge in [0.25, 0.3) is 5.91 Å². The normalized spacial score (nSPS) is 12.9. The van der Waals surface area contributed by atoms with Gasteiger partial charge in [0.05, 0.1) is 8.45 Å². The summed E-state index contributed by atoms with van der Waals surface area (Å²) in [5.41, 5.74) is 0.813. The molecule has 0 aliphatic heterocycles. The van der Waals surface area contributed by atoms with Crippen LogP contribution in [0.2, 0.25) is 0 Å². The predicted octanol–water partition coefficient (Wildman–Crippen LogP) is 3.86. The average molecular weight is 351 g/mol. The van der Waals surface area contributed by atoms with Crippen molar-refractivity contribution in [1.82, 2.24) is 4.90 Å². The highest BCUT2D eigenvalue weighted by atomic mass is 127. The van der Waals surface area contributed by atoms with Crippen LogP contribution in [0.25, 0.3) is 0 Å². The SMILES string of the molecule is CC(C)CC(C)N(C)C(=O)c1csc(I)c1. The van der Waals surface area contributed by atoms with Gasteiger partial charge >= 0.3 is 0 Å². The molecule has 0 N–H and O–H groups in total. The molecule has 90 valence electrons. The van der Waals surface area contributed by atoms with Crippen molar-refractivity contribution in [2.45, 2.75) is 33.2 Å². The number of hydrogen-bond acceptors (Lipinski definition) is 2. The second-order valence-electron chi connectivity index (χ2n) is 4.53. The molecule has 0 bridgehead atoms. The molecule has 1 unspecified atom stereocenters. The van der Waals surface area contributed by atoms with Crippen LogP contribution in [-0.4, -0.2) is 23.9 Å². The van der Waals surface area contributed by atoms with Crippen molar-refractivity contribution in [3.8, 4) is 0 Å². The van der Waals surface area contributed by atoms with Crippen LogP contribution in [0.1, 0.15) is 37.6 Å². The first kappa shape index (κ1) is 14.0. The summed E-state index contributed by atoms with van der Waals surface area (Å²) in [4.78, 5) is 14.0. The smallest absolute Gasteiger partial charge is 0.254 e. The highest BCUT2D eigenvalue weighted by molar-refractivity contribution is 14.1. The molecule has 0 aliphatic carbocycles. The first-order valence-electron chi connectivity index (χ1n) is 5.43. The number of thiophene rings is 1. The van der Waals surface area contributed by atoms with Crippen molar-refractivity contribution in [3.05, 3.63) is 19.9 Å². The molecule has 4 heteroatoms. The third-order valence-corrected chi connectivity index (χ3v) is 4.40. The minimum Gasteiger partial charge on any atom is -0.339 e. The van der Waals surface area contributed by atoms with Crippen LogP contribution in [0.15, 0.2) is 11.4 Å². The molecule has 0 saturated carbocycles. The van der Waals surface area contributed by atoms with Crippen LogP contribution in [0.4, 0.5) is 0 Å². The molecule has 0 spiro atoms. The summed E-state index contributed by atoms with van der Waals surface area (Å²) < 4.78 is 1.16. The van der Waals surface area contributed by atoms with Crippen molar-refractivity contribution in [1.29, 1.82) is 0 Å². The highest BCUT2D eigenvalue weighted by Crippen LogP contribution is 2.19. The maximum atomic E-state index is 12.1. The Morgan fingerprint density at radius 1 is 1.50 bits per heavy atom. The molecule has 1 aromatic rings. The zero-order chi connectivity index (χ0) is 12.3. The van der Waals surface area contributed by atoms with E-state index < -0.39 is 0 Å². The monoisotopic (exact) mass is 351 g/mol. The summed E-state index contributed by atoms with van der Waals surface area (Å²) >= 11 is 3.86. The lowest BCUT2D eigenvalue weighted by atomic mass is 10.0. The molecule has 1 atom stereocenters. The number of rotatable bonds is 4. The Morgan fingerprint density at radius 2 is 2.12 bits per heavy atom. The number of hydrogen-bond donors (Lipinski definition) is 0. The zero-order valence-corrected chi connectivity index (χ0v) is 13.1. The quantitative estimate of drug-likeness (QED) is 0.755. The average Bonchev–Trinajstić information content (AvgIpc) is 2.61. The molecule has 16 heavy (non-hydrogen) atoms. The lowest BCUT2D eigenvalue weighted by Crippen LogP contribution is -2.35. The molecule has 1 amide bonds. The molecule has 2 nitrogen and oxygen atoms in total. The third kappa shape index (κ3) is 3.73. The van der Waals surface area contributed by atoms with Crippen LogP contribution < -0.4 is 0 Å². The minimum atomic E-state index is 0.132. The van der Waals surface area contributed by atoms with Gasteiger partial charge in [-0.05, 0) is 47.9 Å². The first-order valence-corrected chi connectivity index (χ1v) is 7.38. The number of amides is 1. The van der Waals surface area contributed by atoms with Gasteiger partial charge in [-0.2, -0.15) is 0 Å². The van der Waals surface area contributed by atoms with Gasteiger partial charge in [-0.3, -0.25) is 4.79 Å². The predicted molar refractivity (Wildman–Crippen MR) is 78.0 cm³/mol. The third-order valence-electron chi connectivity index (χ3n) is 2.61. The number of halogens is 1. The van der Waals surface area contributed by atoms with Crippen LogP contribution in [0, 0.1) is 8.80 Å². The summed E-state index contributed by atoms with van der Waals surface area (Å²) in [6, 6.07) is 2.25. The molecular formula is C12H18INOS. The van der Waals surface area contributed by atoms with E-state index in [1.165, 1.54) is 0 Å². The lowest BCUT2D eigenvalue weighted by Gasteiger charge is -2.26. The summed E-state index contributed by atoms with van der Waals surface area (Å²) in [5, 5.41) is 1.93. The zero-order valence-electron chi connectivity index (χ0n) is 10.2. The fourth-order valence-corrected chi connectivity index (χ4v) is 2.99. The Hall–Kier alpha value is -0.100. The fourth-order valence-electron chi connectivity index (χ4n) is 1.67. The molecule has 0 aromatic carbocycles. The van der Waals surface area contributed by atoms with E-state index in [-0.39, 0.29) is 5.91 Å². The number of carbonyl (C=O) groups excluding carboxylic acids is 1. The van der Waals surface area contributed by atoms with Gasteiger partial charge in [-0.1, -0.05) is 13.8 Å². The Morgan fingerprint density at radius 3 is 2.56 bits per heavy atom. The standard InChI is InChI=1S/C12H18INOS/c1-8(2)5-9(3)14(4)12(15)10-6-11(13)16-7-10/h6-9H,5H2,1-4H3. The van der Waals surface area contributed by atoms with E-state index in [2.05, 4.69) is 43.4 Å². The molecule has 0 fully saturated rings. The Kier molecular flexibility index (Phi) is 5.24. The van der Waals surface area contributed by atoms with Gasteiger partial charge in [-0.15, -0.1) is 11.3 Å². The minimum absolute atomic E-state index is 0.132. The molecule has 1 aromatic heterocycles. The fraction of sp³-hybridized carbons (Fsp3) is 0.583. The van der Waals surface area contributed by atoms with E-state index in [4.69, 9.17) is 0 Å². The second kappa shape index (κ2) is 6.00. The molecular weight excluding hydrogens is 333 g/mol. The topological polar surface area (TPSA) is 20.3 Å². The van der Waals surface area contributed by atoms with Crippen molar-refractivity contribution < 1.29 is 4.79 Å². The van der Waals surface area contributed by atoms with E-state index in [9.17, 15) is 4.79 Å². The van der Waals surface area contributed by atoms with Crippen molar-refractivity contribution in [2.75, 3.05) is 7.05 Å². The van der Waals surface area contributed by atoms with E-state index in [1.807, 2.05) is 23.4 Å². The maximum Gasteiger partial charge on any atom is 0.254 e. The van der Waals surface area contributed by atoms with Gasteiger partial charge in [0.2, 0.25) is 0 Å². The van der Waals surface area contributed by atoms with E-state index >= 15 is 0 Å². The van der Waals surface area contributed by atoms with Crippen LogP contribution in [-0.2, 0) is 0 Å². The number of carbonyl (C=O) groups is 1. The Balaban J connectivity index is 2.67. The summed E-state index contributed by atoms with van der Waals surface area (Å²) in [6.45, 7) is 6.47. The lowest BCUT2D eigenvalue weighted by molar-refractivity contribution is 0.0728. The van der Waals surface area contributed by atoms with Gasteiger partial charge in [0.15, 0.2) is 0 Å². The number of nitrogens with zero attached hydrogens (tertiary/aromatic N) is 1. The Bertz CT molecular complexity index is 362. The van der Waals surface area contributed by atoms with Gasteiger partial charge < -0.3 is 4.90 Å². The first-order chi connectivity index (χ1) is 7.41. The summed E-state index contributed by atoms with van der Waals surface area (Å²) in [7, 11) is 1.89. The van der Waals surface area contributed by atoms with Gasteiger partial charge in [0, 0.05) is 18.5 Å².